The summed E-state index contributed by atoms with van der Waals surface area (Å²) in [6, 6.07) is 4.84. The van der Waals surface area contributed by atoms with Crippen molar-refractivity contribution in [3.8, 4) is 5.75 Å². The number of carbonyl (C=O) groups is 1. The minimum absolute atomic E-state index is 0.0429. The van der Waals surface area contributed by atoms with Crippen LogP contribution in [-0.4, -0.2) is 40.0 Å². The molecule has 126 valence electrons. The number of phenolic OH excluding ortho intramolecular Hbond substituents is 1. The third-order valence-electron chi connectivity index (χ3n) is 4.66. The largest absolute Gasteiger partial charge is 0.508 e. The van der Waals surface area contributed by atoms with E-state index >= 15 is 0 Å². The number of rotatable bonds is 4. The monoisotopic (exact) mass is 321 g/mol. The van der Waals surface area contributed by atoms with Crippen LogP contribution in [0, 0.1) is 0 Å². The molecule has 0 unspecified atom stereocenters. The van der Waals surface area contributed by atoms with Crippen LogP contribution in [0.15, 0.2) is 18.2 Å². The van der Waals surface area contributed by atoms with Gasteiger partial charge in [0.15, 0.2) is 0 Å². The molecule has 1 aliphatic rings. The number of phenols is 1. The second-order valence-corrected chi connectivity index (χ2v) is 7.38. The summed E-state index contributed by atoms with van der Waals surface area (Å²) >= 11 is 0. The third-order valence-corrected chi connectivity index (χ3v) is 4.66. The van der Waals surface area contributed by atoms with E-state index in [1.165, 1.54) is 13.0 Å². The van der Waals surface area contributed by atoms with Crippen molar-refractivity contribution in [3.63, 3.8) is 0 Å². The van der Waals surface area contributed by atoms with Crippen molar-refractivity contribution in [2.75, 3.05) is 0 Å². The van der Waals surface area contributed by atoms with Crippen molar-refractivity contribution in [2.24, 2.45) is 5.73 Å². The molecule has 0 aliphatic carbocycles. The topological polar surface area (TPSA) is 102 Å². The highest BCUT2D eigenvalue weighted by Crippen LogP contribution is 2.37. The van der Waals surface area contributed by atoms with E-state index in [1.807, 2.05) is 27.7 Å². The highest BCUT2D eigenvalue weighted by molar-refractivity contribution is 6.63. The molecular formula is C16H24BNO5. The Labute approximate surface area is 136 Å². The summed E-state index contributed by atoms with van der Waals surface area (Å²) in [5, 5.41) is 19.3. The van der Waals surface area contributed by atoms with Crippen LogP contribution < -0.4 is 11.2 Å². The summed E-state index contributed by atoms with van der Waals surface area (Å²) < 4.78 is 11.9. The van der Waals surface area contributed by atoms with Gasteiger partial charge in [-0.15, -0.1) is 0 Å². The van der Waals surface area contributed by atoms with Gasteiger partial charge in [-0.25, -0.2) is 0 Å². The van der Waals surface area contributed by atoms with E-state index in [0.29, 0.717) is 11.0 Å². The summed E-state index contributed by atoms with van der Waals surface area (Å²) in [7, 11) is -0.714. The molecular weight excluding hydrogens is 297 g/mol. The number of hydrogen-bond acceptors (Lipinski definition) is 5. The predicted molar refractivity (Wildman–Crippen MR) is 87.8 cm³/mol. The Balaban J connectivity index is 2.31. The van der Waals surface area contributed by atoms with Gasteiger partial charge in [0, 0.05) is 11.9 Å². The molecule has 0 aromatic heterocycles. The highest BCUT2D eigenvalue weighted by atomic mass is 16.7. The number of nitrogens with two attached hydrogens (primary N) is 1. The molecule has 1 atom stereocenters. The first kappa shape index (κ1) is 17.8. The lowest BCUT2D eigenvalue weighted by Crippen LogP contribution is -2.47. The lowest BCUT2D eigenvalue weighted by molar-refractivity contribution is -0.142. The van der Waals surface area contributed by atoms with E-state index in [4.69, 9.17) is 20.1 Å². The van der Waals surface area contributed by atoms with Crippen molar-refractivity contribution in [2.45, 2.75) is 57.8 Å². The normalized spacial score (nSPS) is 21.9. The van der Waals surface area contributed by atoms with Crippen molar-refractivity contribution in [3.05, 3.63) is 23.8 Å². The van der Waals surface area contributed by atoms with Crippen LogP contribution in [0.2, 0.25) is 0 Å². The maximum Gasteiger partial charge on any atom is 0.498 e. The number of aromatic hydroxyl groups is 1. The molecule has 1 fully saturated rings. The van der Waals surface area contributed by atoms with E-state index in [0.717, 1.165) is 0 Å². The fourth-order valence-electron chi connectivity index (χ4n) is 2.37. The molecule has 4 N–H and O–H groups in total. The molecule has 1 heterocycles. The summed E-state index contributed by atoms with van der Waals surface area (Å²) in [5.41, 5.74) is 4.53. The first-order valence-electron chi connectivity index (χ1n) is 7.55. The Morgan fingerprint density at radius 2 is 1.78 bits per heavy atom. The quantitative estimate of drug-likeness (QED) is 0.716. The van der Waals surface area contributed by atoms with Gasteiger partial charge >= 0.3 is 13.1 Å². The highest BCUT2D eigenvalue weighted by Gasteiger charge is 2.52. The van der Waals surface area contributed by atoms with E-state index in [2.05, 4.69) is 0 Å². The lowest BCUT2D eigenvalue weighted by Gasteiger charge is -2.32. The van der Waals surface area contributed by atoms with Crippen molar-refractivity contribution in [1.82, 2.24) is 0 Å². The van der Waals surface area contributed by atoms with Crippen LogP contribution >= 0.6 is 0 Å². The van der Waals surface area contributed by atoms with E-state index in [-0.39, 0.29) is 12.2 Å². The molecule has 2 rings (SSSR count). The number of hydrogen-bond donors (Lipinski definition) is 3. The zero-order chi connectivity index (χ0) is 17.6. The molecule has 6 nitrogen and oxygen atoms in total. The van der Waals surface area contributed by atoms with Crippen LogP contribution in [0.5, 0.6) is 5.75 Å². The second kappa shape index (κ2) is 5.51. The average Bonchev–Trinajstić information content (AvgIpc) is 2.60. The van der Waals surface area contributed by atoms with Gasteiger partial charge < -0.3 is 25.3 Å². The van der Waals surface area contributed by atoms with Crippen LogP contribution in [0.25, 0.3) is 0 Å². The van der Waals surface area contributed by atoms with Crippen LogP contribution in [0.4, 0.5) is 0 Å². The lowest BCUT2D eigenvalue weighted by atomic mass is 9.76. The molecule has 23 heavy (non-hydrogen) atoms. The fourth-order valence-corrected chi connectivity index (χ4v) is 2.37. The van der Waals surface area contributed by atoms with Gasteiger partial charge in [-0.3, -0.25) is 4.79 Å². The maximum atomic E-state index is 11.2. The molecule has 0 amide bonds. The SMILES string of the molecule is CC1(C)OB(c2cc(C[C@](C)(N)C(=O)O)ccc2O)OC1(C)C. The van der Waals surface area contributed by atoms with E-state index in [9.17, 15) is 9.90 Å². The van der Waals surface area contributed by atoms with Crippen molar-refractivity contribution >= 4 is 18.6 Å². The Bertz CT molecular complexity index is 611. The molecule has 1 aliphatic heterocycles. The average molecular weight is 321 g/mol. The number of carboxylic acids is 1. The number of aliphatic carboxylic acids is 1. The summed E-state index contributed by atoms with van der Waals surface area (Å²) in [5.74, 6) is -1.04. The van der Waals surface area contributed by atoms with E-state index < -0.39 is 29.8 Å². The third kappa shape index (κ3) is 3.36. The molecule has 1 aromatic carbocycles. The van der Waals surface area contributed by atoms with E-state index in [1.54, 1.807) is 12.1 Å². The summed E-state index contributed by atoms with van der Waals surface area (Å²) in [6.07, 6.45) is 0.134. The maximum absolute atomic E-state index is 11.2. The first-order valence-corrected chi connectivity index (χ1v) is 7.55. The van der Waals surface area contributed by atoms with Crippen molar-refractivity contribution < 1.29 is 24.3 Å². The molecule has 0 radical (unpaired) electrons. The van der Waals surface area contributed by atoms with Gasteiger partial charge in [-0.1, -0.05) is 12.1 Å². The standard InChI is InChI=1S/C16H24BNO5/c1-14(2)15(3,4)23-17(22-14)11-8-10(6-7-12(11)19)9-16(5,18)13(20)21/h6-8,19H,9,18H2,1-5H3,(H,20,21)/t16-/m0/s1. The zero-order valence-electron chi connectivity index (χ0n) is 14.2. The second-order valence-electron chi connectivity index (χ2n) is 7.38. The molecule has 7 heteroatoms. The van der Waals surface area contributed by atoms with Crippen LogP contribution in [0.3, 0.4) is 0 Å². The van der Waals surface area contributed by atoms with Gasteiger partial charge in [-0.05, 0) is 46.2 Å². The first-order chi connectivity index (χ1) is 10.4. The Morgan fingerprint density at radius 3 is 2.26 bits per heavy atom. The number of benzene rings is 1. The Hall–Kier alpha value is -1.57. The zero-order valence-corrected chi connectivity index (χ0v) is 14.2. The van der Waals surface area contributed by atoms with Gasteiger partial charge in [0.25, 0.3) is 0 Å². The smallest absolute Gasteiger partial charge is 0.498 e. The van der Waals surface area contributed by atoms with Gasteiger partial charge in [-0.2, -0.15) is 0 Å². The molecule has 0 bridgehead atoms. The Morgan fingerprint density at radius 1 is 1.26 bits per heavy atom. The number of carboxylic acid groups (broad SMARTS) is 1. The molecule has 1 saturated heterocycles. The van der Waals surface area contributed by atoms with Crippen LogP contribution in [-0.2, 0) is 20.5 Å². The summed E-state index contributed by atoms with van der Waals surface area (Å²) in [6.45, 7) is 9.16. The predicted octanol–water partition coefficient (Wildman–Crippen LogP) is 1.04. The minimum atomic E-state index is -1.38. The van der Waals surface area contributed by atoms with Crippen LogP contribution in [0.1, 0.15) is 40.2 Å². The molecule has 0 saturated carbocycles. The molecule has 1 aromatic rings. The minimum Gasteiger partial charge on any atom is -0.508 e. The Kier molecular flexibility index (Phi) is 4.26. The fraction of sp³-hybridized carbons (Fsp3) is 0.562. The molecule has 0 spiro atoms. The van der Waals surface area contributed by atoms with Gasteiger partial charge in [0.05, 0.1) is 11.2 Å². The van der Waals surface area contributed by atoms with Crippen molar-refractivity contribution in [1.29, 1.82) is 0 Å². The summed E-state index contributed by atoms with van der Waals surface area (Å²) in [4.78, 5) is 11.2. The van der Waals surface area contributed by atoms with Gasteiger partial charge in [0.2, 0.25) is 0 Å². The van der Waals surface area contributed by atoms with Gasteiger partial charge in [0.1, 0.15) is 11.3 Å².